The lowest BCUT2D eigenvalue weighted by Gasteiger charge is -2.13. The van der Waals surface area contributed by atoms with Gasteiger partial charge in [0.25, 0.3) is 5.91 Å². The van der Waals surface area contributed by atoms with Crippen molar-refractivity contribution in [1.29, 1.82) is 0 Å². The number of hydrogen-bond acceptors (Lipinski definition) is 2. The second kappa shape index (κ2) is 9.47. The fourth-order valence-electron chi connectivity index (χ4n) is 2.38. The third-order valence-electron chi connectivity index (χ3n) is 3.79. The summed E-state index contributed by atoms with van der Waals surface area (Å²) in [5.41, 5.74) is 4.15. The molecular weight excluding hydrogens is 312 g/mol. The molecule has 2 aromatic rings. The topological polar surface area (TPSA) is 65.5 Å². The highest BCUT2D eigenvalue weighted by Crippen LogP contribution is 2.05. The van der Waals surface area contributed by atoms with Crippen LogP contribution in [0, 0.1) is 6.92 Å². The van der Waals surface area contributed by atoms with Crippen LogP contribution in [0.3, 0.4) is 0 Å². The highest BCUT2D eigenvalue weighted by Gasteiger charge is 2.05. The van der Waals surface area contributed by atoms with Gasteiger partial charge in [0.2, 0.25) is 0 Å². The molecule has 5 heteroatoms. The number of benzene rings is 2. The Hall–Kier alpha value is -2.82. The van der Waals surface area contributed by atoms with E-state index in [1.807, 2.05) is 31.2 Å². The average Bonchev–Trinajstić information content (AvgIpc) is 2.64. The Kier molecular flexibility index (Phi) is 7.01. The summed E-state index contributed by atoms with van der Waals surface area (Å²) in [5, 5.41) is 9.38. The van der Waals surface area contributed by atoms with Crippen LogP contribution in [0.4, 0.5) is 0 Å². The van der Waals surface area contributed by atoms with E-state index in [9.17, 15) is 4.79 Å². The lowest BCUT2D eigenvalue weighted by atomic mass is 10.1. The van der Waals surface area contributed by atoms with Gasteiger partial charge in [-0.1, -0.05) is 42.0 Å². The Morgan fingerprint density at radius 1 is 0.960 bits per heavy atom. The summed E-state index contributed by atoms with van der Waals surface area (Å²) in [4.78, 5) is 16.1. The molecule has 0 fully saturated rings. The number of amides is 1. The van der Waals surface area contributed by atoms with Gasteiger partial charge in [-0.15, -0.1) is 0 Å². The summed E-state index contributed by atoms with van der Waals surface area (Å²) >= 11 is 0. The summed E-state index contributed by atoms with van der Waals surface area (Å²) in [6.45, 7) is 5.91. The third kappa shape index (κ3) is 5.95. The van der Waals surface area contributed by atoms with Gasteiger partial charge in [0.05, 0.1) is 0 Å². The predicted molar refractivity (Wildman–Crippen MR) is 103 cm³/mol. The van der Waals surface area contributed by atoms with Crippen molar-refractivity contribution >= 4 is 11.9 Å². The molecule has 0 aliphatic carbocycles. The smallest absolute Gasteiger partial charge is 0.251 e. The van der Waals surface area contributed by atoms with E-state index >= 15 is 0 Å². The first-order valence-electron chi connectivity index (χ1n) is 8.49. The first-order chi connectivity index (χ1) is 12.1. The molecule has 3 N–H and O–H groups in total. The first-order valence-corrected chi connectivity index (χ1v) is 8.49. The van der Waals surface area contributed by atoms with Crippen molar-refractivity contribution in [2.24, 2.45) is 4.99 Å². The van der Waals surface area contributed by atoms with Crippen LogP contribution < -0.4 is 16.0 Å². The minimum atomic E-state index is -0.0498. The lowest BCUT2D eigenvalue weighted by molar-refractivity contribution is 0.0955. The summed E-state index contributed by atoms with van der Waals surface area (Å²) in [6, 6.07) is 16.0. The van der Waals surface area contributed by atoms with Gasteiger partial charge in [0, 0.05) is 32.2 Å². The Morgan fingerprint density at radius 2 is 1.64 bits per heavy atom. The molecule has 0 radical (unpaired) electrons. The highest BCUT2D eigenvalue weighted by molar-refractivity contribution is 5.94. The fraction of sp³-hybridized carbons (Fsp3) is 0.300. The quantitative estimate of drug-likeness (QED) is 0.560. The molecule has 0 aromatic heterocycles. The Labute approximate surface area is 149 Å². The van der Waals surface area contributed by atoms with E-state index in [2.05, 4.69) is 52.1 Å². The number of rotatable bonds is 6. The van der Waals surface area contributed by atoms with Crippen LogP contribution in [0.1, 0.15) is 34.0 Å². The number of aryl methyl sites for hydroxylation is 1. The standard InChI is InChI=1S/C20H26N4O/c1-4-22-19(25)18-7-5-6-17(12-18)14-24-20(21-3)23-13-16-10-8-15(2)9-11-16/h5-12H,4,13-14H2,1-3H3,(H,22,25)(H2,21,23,24). The molecule has 0 atom stereocenters. The zero-order valence-corrected chi connectivity index (χ0v) is 15.1. The Balaban J connectivity index is 1.89. The number of nitrogens with zero attached hydrogens (tertiary/aromatic N) is 1. The molecule has 0 aliphatic heterocycles. The van der Waals surface area contributed by atoms with Gasteiger partial charge in [0.1, 0.15) is 0 Å². The van der Waals surface area contributed by atoms with Crippen molar-refractivity contribution in [2.75, 3.05) is 13.6 Å². The molecule has 132 valence electrons. The molecule has 1 amide bonds. The minimum absolute atomic E-state index is 0.0498. The van der Waals surface area contributed by atoms with Crippen LogP contribution in [-0.2, 0) is 13.1 Å². The molecule has 2 aromatic carbocycles. The number of carbonyl (C=O) groups excluding carboxylic acids is 1. The van der Waals surface area contributed by atoms with Crippen molar-refractivity contribution in [2.45, 2.75) is 26.9 Å². The van der Waals surface area contributed by atoms with Crippen molar-refractivity contribution in [3.8, 4) is 0 Å². The van der Waals surface area contributed by atoms with Crippen molar-refractivity contribution in [3.05, 3.63) is 70.8 Å². The summed E-state index contributed by atoms with van der Waals surface area (Å²) in [6.07, 6.45) is 0. The molecule has 5 nitrogen and oxygen atoms in total. The van der Waals surface area contributed by atoms with Gasteiger partial charge < -0.3 is 16.0 Å². The van der Waals surface area contributed by atoms with Crippen LogP contribution in [0.5, 0.6) is 0 Å². The molecule has 0 saturated carbocycles. The van der Waals surface area contributed by atoms with E-state index in [-0.39, 0.29) is 5.91 Å². The molecule has 0 spiro atoms. The maximum atomic E-state index is 11.9. The molecule has 0 bridgehead atoms. The van der Waals surface area contributed by atoms with Crippen LogP contribution >= 0.6 is 0 Å². The zero-order chi connectivity index (χ0) is 18.1. The highest BCUT2D eigenvalue weighted by atomic mass is 16.1. The molecule has 0 unspecified atom stereocenters. The van der Waals surface area contributed by atoms with Crippen molar-refractivity contribution < 1.29 is 4.79 Å². The monoisotopic (exact) mass is 338 g/mol. The molecule has 0 aliphatic rings. The SMILES string of the molecule is CCNC(=O)c1cccc(CNC(=NC)NCc2ccc(C)cc2)c1. The Morgan fingerprint density at radius 3 is 2.28 bits per heavy atom. The van der Waals surface area contributed by atoms with E-state index < -0.39 is 0 Å². The largest absolute Gasteiger partial charge is 0.352 e. The van der Waals surface area contributed by atoms with Crippen LogP contribution in [0.15, 0.2) is 53.5 Å². The Bertz CT molecular complexity index is 723. The number of guanidine groups is 1. The molecule has 0 heterocycles. The van der Waals surface area contributed by atoms with Gasteiger partial charge in [-0.05, 0) is 37.1 Å². The van der Waals surface area contributed by atoms with Gasteiger partial charge in [0.15, 0.2) is 5.96 Å². The van der Waals surface area contributed by atoms with Gasteiger partial charge >= 0.3 is 0 Å². The molecule has 25 heavy (non-hydrogen) atoms. The zero-order valence-electron chi connectivity index (χ0n) is 15.1. The molecule has 0 saturated heterocycles. The summed E-state index contributed by atoms with van der Waals surface area (Å²) in [7, 11) is 1.75. The third-order valence-corrected chi connectivity index (χ3v) is 3.79. The van der Waals surface area contributed by atoms with E-state index in [4.69, 9.17) is 0 Å². The summed E-state index contributed by atoms with van der Waals surface area (Å²) < 4.78 is 0. The van der Waals surface area contributed by atoms with Gasteiger partial charge in [-0.3, -0.25) is 9.79 Å². The van der Waals surface area contributed by atoms with Crippen LogP contribution in [0.25, 0.3) is 0 Å². The minimum Gasteiger partial charge on any atom is -0.352 e. The first kappa shape index (κ1) is 18.5. The lowest BCUT2D eigenvalue weighted by Crippen LogP contribution is -2.36. The average molecular weight is 338 g/mol. The maximum Gasteiger partial charge on any atom is 0.251 e. The van der Waals surface area contributed by atoms with E-state index in [0.29, 0.717) is 25.2 Å². The summed E-state index contributed by atoms with van der Waals surface area (Å²) in [5.74, 6) is 0.676. The van der Waals surface area contributed by atoms with Crippen LogP contribution in [-0.4, -0.2) is 25.5 Å². The van der Waals surface area contributed by atoms with E-state index in [1.54, 1.807) is 7.05 Å². The number of aliphatic imine (C=N–C) groups is 1. The number of nitrogens with one attached hydrogen (secondary N) is 3. The molecular formula is C20H26N4O. The number of carbonyl (C=O) groups is 1. The van der Waals surface area contributed by atoms with Gasteiger partial charge in [-0.25, -0.2) is 0 Å². The van der Waals surface area contributed by atoms with Gasteiger partial charge in [-0.2, -0.15) is 0 Å². The van der Waals surface area contributed by atoms with E-state index in [1.165, 1.54) is 11.1 Å². The second-order valence-electron chi connectivity index (χ2n) is 5.82. The fourth-order valence-corrected chi connectivity index (χ4v) is 2.38. The van der Waals surface area contributed by atoms with E-state index in [0.717, 1.165) is 11.5 Å². The van der Waals surface area contributed by atoms with Crippen molar-refractivity contribution in [1.82, 2.24) is 16.0 Å². The predicted octanol–water partition coefficient (Wildman–Crippen LogP) is 2.61. The second-order valence-corrected chi connectivity index (χ2v) is 5.82. The number of hydrogen-bond donors (Lipinski definition) is 3. The van der Waals surface area contributed by atoms with Crippen molar-refractivity contribution in [3.63, 3.8) is 0 Å². The molecule has 2 rings (SSSR count). The van der Waals surface area contributed by atoms with Crippen LogP contribution in [0.2, 0.25) is 0 Å². The normalized spacial score (nSPS) is 11.1. The maximum absolute atomic E-state index is 11.9.